The molecule has 25 heavy (non-hydrogen) atoms. The highest BCUT2D eigenvalue weighted by atomic mass is 16.3. The van der Waals surface area contributed by atoms with Crippen LogP contribution in [0.1, 0.15) is 97.3 Å². The van der Waals surface area contributed by atoms with Gasteiger partial charge in [-0.2, -0.15) is 0 Å². The van der Waals surface area contributed by atoms with Crippen molar-refractivity contribution in [3.63, 3.8) is 0 Å². The molecule has 1 N–H and O–H groups in total. The van der Waals surface area contributed by atoms with Crippen molar-refractivity contribution >= 4 is 0 Å². The topological polar surface area (TPSA) is 20.2 Å². The molecular weight excluding hydrogens is 304 g/mol. The fraction of sp³-hybridized carbons (Fsp3) is 1.00. The maximum Gasteiger partial charge on any atom is 0.0543 e. The maximum absolute atomic E-state index is 10.2. The first-order valence-corrected chi connectivity index (χ1v) is 11.7. The van der Waals surface area contributed by atoms with Crippen LogP contribution < -0.4 is 0 Å². The summed E-state index contributed by atoms with van der Waals surface area (Å²) in [5.41, 5.74) is 1.23. The molecule has 5 aliphatic rings. The van der Waals surface area contributed by atoms with E-state index in [1.165, 1.54) is 57.8 Å². The average Bonchev–Trinajstić information content (AvgIpc) is 3.35. The Kier molecular flexibility index (Phi) is 4.09. The largest absolute Gasteiger partial charge is 0.393 e. The van der Waals surface area contributed by atoms with Gasteiger partial charge in [-0.15, -0.1) is 0 Å². The third-order valence-electron chi connectivity index (χ3n) is 10.5. The van der Waals surface area contributed by atoms with E-state index in [-0.39, 0.29) is 6.10 Å². The van der Waals surface area contributed by atoms with E-state index in [1.54, 1.807) is 12.8 Å². The molecule has 142 valence electrons. The van der Waals surface area contributed by atoms with Crippen LogP contribution in [0.3, 0.4) is 0 Å². The van der Waals surface area contributed by atoms with Crippen LogP contribution in [0.15, 0.2) is 0 Å². The molecule has 5 rings (SSSR count). The second-order valence-electron chi connectivity index (χ2n) is 11.4. The third kappa shape index (κ3) is 2.66. The summed E-state index contributed by atoms with van der Waals surface area (Å²) < 4.78 is 0. The smallest absolute Gasteiger partial charge is 0.0543 e. The SMILES string of the molecule is CC12CCC3C(CCC4CC(O)CCC43C)C1CCC2CCC1CC1. The monoisotopic (exact) mass is 344 g/mol. The van der Waals surface area contributed by atoms with Crippen molar-refractivity contribution in [2.75, 3.05) is 0 Å². The van der Waals surface area contributed by atoms with E-state index in [9.17, 15) is 5.11 Å². The number of aliphatic hydroxyl groups is 1. The Hall–Kier alpha value is -0.0400. The Morgan fingerprint density at radius 3 is 2.32 bits per heavy atom. The molecule has 0 saturated heterocycles. The first kappa shape index (κ1) is 17.1. The minimum Gasteiger partial charge on any atom is -0.393 e. The second kappa shape index (κ2) is 5.98. The van der Waals surface area contributed by atoms with Crippen molar-refractivity contribution < 1.29 is 5.11 Å². The van der Waals surface area contributed by atoms with Crippen LogP contribution in [-0.4, -0.2) is 11.2 Å². The van der Waals surface area contributed by atoms with Crippen molar-refractivity contribution in [3.05, 3.63) is 0 Å². The van der Waals surface area contributed by atoms with Crippen molar-refractivity contribution in [1.82, 2.24) is 0 Å². The van der Waals surface area contributed by atoms with Crippen LogP contribution in [-0.2, 0) is 0 Å². The molecule has 0 aliphatic heterocycles. The van der Waals surface area contributed by atoms with Crippen LogP contribution in [0.4, 0.5) is 0 Å². The lowest BCUT2D eigenvalue weighted by Gasteiger charge is -2.61. The highest BCUT2D eigenvalue weighted by molar-refractivity contribution is 5.09. The number of aliphatic hydroxyl groups excluding tert-OH is 1. The van der Waals surface area contributed by atoms with Gasteiger partial charge in [-0.3, -0.25) is 0 Å². The van der Waals surface area contributed by atoms with E-state index in [0.29, 0.717) is 10.8 Å². The zero-order chi connectivity index (χ0) is 17.2. The summed E-state index contributed by atoms with van der Waals surface area (Å²) in [7, 11) is 0. The molecular formula is C24H40O. The third-order valence-corrected chi connectivity index (χ3v) is 10.5. The quantitative estimate of drug-likeness (QED) is 0.646. The minimum absolute atomic E-state index is 0.00164. The summed E-state index contributed by atoms with van der Waals surface area (Å²) in [5.74, 6) is 5.98. The minimum atomic E-state index is 0.00164. The molecule has 1 nitrogen and oxygen atoms in total. The molecule has 0 heterocycles. The summed E-state index contributed by atoms with van der Waals surface area (Å²) in [6.45, 7) is 5.33. The van der Waals surface area contributed by atoms with Gasteiger partial charge in [-0.05, 0) is 111 Å². The molecule has 0 bridgehead atoms. The van der Waals surface area contributed by atoms with Gasteiger partial charge in [0.15, 0.2) is 0 Å². The van der Waals surface area contributed by atoms with Crippen LogP contribution in [0.25, 0.3) is 0 Å². The molecule has 0 spiro atoms. The number of rotatable bonds is 3. The number of fused-ring (bicyclic) bond motifs is 5. The molecule has 1 heteroatoms. The summed E-state index contributed by atoms with van der Waals surface area (Å²) >= 11 is 0. The molecule has 0 amide bonds. The second-order valence-corrected chi connectivity index (χ2v) is 11.4. The van der Waals surface area contributed by atoms with Gasteiger partial charge >= 0.3 is 0 Å². The normalized spacial score (nSPS) is 55.3. The summed E-state index contributed by atoms with van der Waals surface area (Å²) in [6, 6.07) is 0. The van der Waals surface area contributed by atoms with Crippen LogP contribution >= 0.6 is 0 Å². The Morgan fingerprint density at radius 1 is 0.760 bits per heavy atom. The fourth-order valence-corrected chi connectivity index (χ4v) is 8.66. The Morgan fingerprint density at radius 2 is 1.52 bits per heavy atom. The molecule has 5 fully saturated rings. The lowest BCUT2D eigenvalue weighted by molar-refractivity contribution is -0.127. The van der Waals surface area contributed by atoms with Crippen molar-refractivity contribution in [2.24, 2.45) is 46.3 Å². The van der Waals surface area contributed by atoms with Gasteiger partial charge in [0.1, 0.15) is 0 Å². The lowest BCUT2D eigenvalue weighted by Crippen LogP contribution is -2.53. The van der Waals surface area contributed by atoms with E-state index in [4.69, 9.17) is 0 Å². The highest BCUT2D eigenvalue weighted by Crippen LogP contribution is 2.68. The van der Waals surface area contributed by atoms with Crippen LogP contribution in [0, 0.1) is 46.3 Å². The molecule has 0 aromatic heterocycles. The van der Waals surface area contributed by atoms with Gasteiger partial charge in [0, 0.05) is 0 Å². The first-order chi connectivity index (χ1) is 12.0. The Balaban J connectivity index is 1.34. The van der Waals surface area contributed by atoms with Gasteiger partial charge in [-0.1, -0.05) is 33.1 Å². The number of hydrogen-bond acceptors (Lipinski definition) is 1. The van der Waals surface area contributed by atoms with Crippen LogP contribution in [0.2, 0.25) is 0 Å². The Labute approximate surface area is 155 Å². The maximum atomic E-state index is 10.2. The van der Waals surface area contributed by atoms with E-state index in [2.05, 4.69) is 13.8 Å². The van der Waals surface area contributed by atoms with Gasteiger partial charge in [0.05, 0.1) is 6.10 Å². The van der Waals surface area contributed by atoms with Crippen LogP contribution in [0.5, 0.6) is 0 Å². The average molecular weight is 345 g/mol. The predicted octanol–water partition coefficient (Wildman–Crippen LogP) is 6.20. The first-order valence-electron chi connectivity index (χ1n) is 11.7. The van der Waals surface area contributed by atoms with Gasteiger partial charge in [0.2, 0.25) is 0 Å². The summed E-state index contributed by atoms with van der Waals surface area (Å²) in [5, 5.41) is 10.2. The van der Waals surface area contributed by atoms with Gasteiger partial charge in [0.25, 0.3) is 0 Å². The fourth-order valence-electron chi connectivity index (χ4n) is 8.66. The Bertz CT molecular complexity index is 510. The lowest BCUT2D eigenvalue weighted by atomic mass is 9.44. The van der Waals surface area contributed by atoms with E-state index >= 15 is 0 Å². The molecule has 5 aliphatic carbocycles. The summed E-state index contributed by atoms with van der Waals surface area (Å²) in [6.07, 6.45) is 18.6. The zero-order valence-corrected chi connectivity index (χ0v) is 16.7. The standard InChI is InChI=1S/C24H40O/c1-23-14-12-22-20(9-7-18-15-19(25)11-13-24(18,22)2)21(23)10-8-17(23)6-5-16-3-4-16/h16-22,25H,3-15H2,1-2H3. The number of hydrogen-bond donors (Lipinski definition) is 1. The van der Waals surface area contributed by atoms with Crippen molar-refractivity contribution in [1.29, 1.82) is 0 Å². The van der Waals surface area contributed by atoms with E-state index in [1.807, 2.05) is 0 Å². The van der Waals surface area contributed by atoms with Crippen molar-refractivity contribution in [2.45, 2.75) is 103 Å². The molecule has 0 radical (unpaired) electrons. The predicted molar refractivity (Wildman–Crippen MR) is 103 cm³/mol. The molecule has 5 saturated carbocycles. The highest BCUT2D eigenvalue weighted by Gasteiger charge is 2.59. The summed E-state index contributed by atoms with van der Waals surface area (Å²) in [4.78, 5) is 0. The van der Waals surface area contributed by atoms with Gasteiger partial charge in [-0.25, -0.2) is 0 Å². The van der Waals surface area contributed by atoms with Crippen molar-refractivity contribution in [3.8, 4) is 0 Å². The zero-order valence-electron chi connectivity index (χ0n) is 16.7. The molecule has 0 aromatic rings. The van der Waals surface area contributed by atoms with Gasteiger partial charge < -0.3 is 5.11 Å². The van der Waals surface area contributed by atoms with E-state index < -0.39 is 0 Å². The molecule has 0 aromatic carbocycles. The molecule has 8 unspecified atom stereocenters. The molecule has 8 atom stereocenters. The van der Waals surface area contributed by atoms with E-state index in [0.717, 1.165) is 48.3 Å².